The van der Waals surface area contributed by atoms with Gasteiger partial charge in [0, 0.05) is 25.6 Å². The number of anilines is 2. The molecule has 2 amide bonds. The number of carbonyl (C=O) groups excluding carboxylic acids is 2. The third kappa shape index (κ3) is 3.59. The molecule has 0 unspecified atom stereocenters. The second-order valence-corrected chi connectivity index (χ2v) is 7.83. The summed E-state index contributed by atoms with van der Waals surface area (Å²) >= 11 is 1.20. The minimum absolute atomic E-state index is 0.209. The fraction of sp³-hybridized carbons (Fsp3) is 0.200. The summed E-state index contributed by atoms with van der Waals surface area (Å²) in [6.07, 6.45) is 1.43. The molecule has 0 saturated carbocycles. The van der Waals surface area contributed by atoms with Gasteiger partial charge in [0.25, 0.3) is 11.8 Å². The van der Waals surface area contributed by atoms with Crippen LogP contribution in [0, 0.1) is 6.92 Å². The Labute approximate surface area is 165 Å². The summed E-state index contributed by atoms with van der Waals surface area (Å²) in [5.74, 6) is 0.0718. The maximum absolute atomic E-state index is 12.7. The maximum Gasteiger partial charge on any atom is 0.291 e. The van der Waals surface area contributed by atoms with Gasteiger partial charge in [-0.25, -0.2) is 0 Å². The third-order valence-electron chi connectivity index (χ3n) is 4.02. The number of nitrogens with one attached hydrogen (secondary N) is 2. The third-order valence-corrected chi connectivity index (χ3v) is 5.17. The van der Waals surface area contributed by atoms with Gasteiger partial charge < -0.3 is 24.5 Å². The van der Waals surface area contributed by atoms with Gasteiger partial charge in [0.2, 0.25) is 5.79 Å². The molecule has 7 nitrogen and oxygen atoms in total. The molecule has 0 spiro atoms. The number of rotatable bonds is 4. The lowest BCUT2D eigenvalue weighted by Gasteiger charge is -2.16. The fourth-order valence-corrected chi connectivity index (χ4v) is 3.80. The molecule has 0 aliphatic carbocycles. The van der Waals surface area contributed by atoms with E-state index in [1.807, 2.05) is 20.8 Å². The molecule has 1 aromatic carbocycles. The van der Waals surface area contributed by atoms with Gasteiger partial charge in [-0.1, -0.05) is 0 Å². The van der Waals surface area contributed by atoms with E-state index in [2.05, 4.69) is 10.6 Å². The molecule has 8 heteroatoms. The summed E-state index contributed by atoms with van der Waals surface area (Å²) in [7, 11) is 0. The summed E-state index contributed by atoms with van der Waals surface area (Å²) < 4.78 is 16.4. The largest absolute Gasteiger partial charge is 0.459 e. The molecule has 4 rings (SSSR count). The van der Waals surface area contributed by atoms with E-state index in [0.717, 1.165) is 5.56 Å². The van der Waals surface area contributed by atoms with E-state index in [4.69, 9.17) is 13.9 Å². The highest BCUT2D eigenvalue weighted by Gasteiger charge is 2.31. The highest BCUT2D eigenvalue weighted by atomic mass is 32.1. The van der Waals surface area contributed by atoms with E-state index in [1.165, 1.54) is 17.6 Å². The average molecular weight is 398 g/mol. The maximum atomic E-state index is 12.7. The van der Waals surface area contributed by atoms with Crippen molar-refractivity contribution in [2.45, 2.75) is 26.6 Å². The molecule has 1 aliphatic heterocycles. The quantitative estimate of drug-likeness (QED) is 0.667. The van der Waals surface area contributed by atoms with Crippen molar-refractivity contribution in [1.82, 2.24) is 0 Å². The predicted octanol–water partition coefficient (Wildman–Crippen LogP) is 4.66. The minimum Gasteiger partial charge on any atom is -0.459 e. The van der Waals surface area contributed by atoms with Crippen LogP contribution in [0.4, 0.5) is 10.7 Å². The van der Waals surface area contributed by atoms with E-state index < -0.39 is 5.79 Å². The van der Waals surface area contributed by atoms with Crippen molar-refractivity contribution in [1.29, 1.82) is 0 Å². The number of fused-ring (bicyclic) bond motifs is 1. The molecule has 0 bridgehead atoms. The second kappa shape index (κ2) is 6.72. The molecule has 1 aliphatic rings. The zero-order valence-corrected chi connectivity index (χ0v) is 16.3. The molecule has 0 saturated heterocycles. The molecule has 3 heterocycles. The lowest BCUT2D eigenvalue weighted by molar-refractivity contribution is -0.0431. The van der Waals surface area contributed by atoms with Gasteiger partial charge in [-0.2, -0.15) is 0 Å². The van der Waals surface area contributed by atoms with E-state index in [1.54, 1.807) is 36.4 Å². The summed E-state index contributed by atoms with van der Waals surface area (Å²) in [5.41, 5.74) is 1.36. The molecule has 144 valence electrons. The Kier molecular flexibility index (Phi) is 4.35. The molecule has 2 aromatic heterocycles. The molecule has 0 atom stereocenters. The Morgan fingerprint density at radius 2 is 1.79 bits per heavy atom. The first-order valence-corrected chi connectivity index (χ1v) is 9.41. The summed E-state index contributed by atoms with van der Waals surface area (Å²) in [4.78, 5) is 25.3. The number of furan rings is 1. The Hall–Kier alpha value is -3.26. The van der Waals surface area contributed by atoms with Crippen LogP contribution < -0.4 is 20.1 Å². The van der Waals surface area contributed by atoms with Crippen LogP contribution in [0.3, 0.4) is 0 Å². The van der Waals surface area contributed by atoms with Crippen LogP contribution in [0.5, 0.6) is 11.5 Å². The van der Waals surface area contributed by atoms with Crippen LogP contribution in [0.1, 0.15) is 39.6 Å². The average Bonchev–Trinajstić information content (AvgIpc) is 3.32. The van der Waals surface area contributed by atoms with E-state index in [0.29, 0.717) is 27.1 Å². The number of thiophene rings is 1. The van der Waals surface area contributed by atoms with Gasteiger partial charge in [-0.05, 0) is 42.8 Å². The lowest BCUT2D eigenvalue weighted by atomic mass is 10.2. The number of aryl methyl sites for hydroxylation is 1. The van der Waals surface area contributed by atoms with Crippen LogP contribution in [-0.4, -0.2) is 17.6 Å². The highest BCUT2D eigenvalue weighted by molar-refractivity contribution is 7.18. The van der Waals surface area contributed by atoms with Gasteiger partial charge >= 0.3 is 0 Å². The zero-order chi connectivity index (χ0) is 19.9. The van der Waals surface area contributed by atoms with E-state index >= 15 is 0 Å². The highest BCUT2D eigenvalue weighted by Crippen LogP contribution is 2.40. The topological polar surface area (TPSA) is 89.8 Å². The van der Waals surface area contributed by atoms with Gasteiger partial charge in [0.1, 0.15) is 0 Å². The Morgan fingerprint density at radius 1 is 1.00 bits per heavy atom. The Morgan fingerprint density at radius 3 is 2.54 bits per heavy atom. The molecule has 2 N–H and O–H groups in total. The van der Waals surface area contributed by atoms with E-state index in [9.17, 15) is 9.59 Å². The lowest BCUT2D eigenvalue weighted by Crippen LogP contribution is -2.29. The van der Waals surface area contributed by atoms with Crippen molar-refractivity contribution in [3.63, 3.8) is 0 Å². The normalized spacial score (nSPS) is 14.0. The number of hydrogen-bond acceptors (Lipinski definition) is 6. The van der Waals surface area contributed by atoms with Crippen LogP contribution >= 0.6 is 11.3 Å². The fourth-order valence-electron chi connectivity index (χ4n) is 2.84. The van der Waals surface area contributed by atoms with Crippen LogP contribution in [0.2, 0.25) is 0 Å². The van der Waals surface area contributed by atoms with Crippen LogP contribution in [0.15, 0.2) is 47.1 Å². The standard InChI is InChI=1S/C20H18N2O5S/c1-11-9-16(22-18(23)14-5-4-8-25-14)28-17(11)19(24)21-12-6-7-13-15(10-12)27-20(2,3)26-13/h4-10H,1-3H3,(H,21,24)(H,22,23). The summed E-state index contributed by atoms with van der Waals surface area (Å²) in [6.45, 7) is 5.45. The van der Waals surface area contributed by atoms with Gasteiger partial charge in [-0.3, -0.25) is 9.59 Å². The molecule has 0 radical (unpaired) electrons. The van der Waals surface area contributed by atoms with Gasteiger partial charge in [-0.15, -0.1) is 11.3 Å². The summed E-state index contributed by atoms with van der Waals surface area (Å²) in [5, 5.41) is 6.16. The number of hydrogen-bond donors (Lipinski definition) is 2. The first-order chi connectivity index (χ1) is 13.3. The SMILES string of the molecule is Cc1cc(NC(=O)c2ccco2)sc1C(=O)Nc1ccc2c(c1)OC(C)(C)O2. The molecular weight excluding hydrogens is 380 g/mol. The smallest absolute Gasteiger partial charge is 0.291 e. The zero-order valence-electron chi connectivity index (χ0n) is 15.5. The van der Waals surface area contributed by atoms with Crippen LogP contribution in [0.25, 0.3) is 0 Å². The van der Waals surface area contributed by atoms with Crippen LogP contribution in [-0.2, 0) is 0 Å². The molecule has 28 heavy (non-hydrogen) atoms. The number of carbonyl (C=O) groups is 2. The Balaban J connectivity index is 1.47. The summed E-state index contributed by atoms with van der Waals surface area (Å²) in [6, 6.07) is 10.2. The predicted molar refractivity (Wildman–Crippen MR) is 105 cm³/mol. The number of amides is 2. The first kappa shape index (κ1) is 18.1. The number of ether oxygens (including phenoxy) is 2. The van der Waals surface area contributed by atoms with Crippen molar-refractivity contribution in [2.24, 2.45) is 0 Å². The van der Waals surface area contributed by atoms with Crippen molar-refractivity contribution < 1.29 is 23.5 Å². The Bertz CT molecular complexity index is 1050. The van der Waals surface area contributed by atoms with Crippen molar-refractivity contribution in [2.75, 3.05) is 10.6 Å². The molecule has 3 aromatic rings. The first-order valence-electron chi connectivity index (χ1n) is 8.59. The van der Waals surface area contributed by atoms with Gasteiger partial charge in [0.05, 0.1) is 16.1 Å². The monoisotopic (exact) mass is 398 g/mol. The van der Waals surface area contributed by atoms with E-state index in [-0.39, 0.29) is 17.6 Å². The number of benzene rings is 1. The van der Waals surface area contributed by atoms with Crippen molar-refractivity contribution in [3.05, 3.63) is 58.9 Å². The van der Waals surface area contributed by atoms with Crippen molar-refractivity contribution in [3.8, 4) is 11.5 Å². The second-order valence-electron chi connectivity index (χ2n) is 6.77. The minimum atomic E-state index is -0.726. The molecule has 0 fully saturated rings. The van der Waals surface area contributed by atoms with Crippen molar-refractivity contribution >= 4 is 33.8 Å². The van der Waals surface area contributed by atoms with Gasteiger partial charge in [0.15, 0.2) is 17.3 Å². The molecular formula is C20H18N2O5S.